The summed E-state index contributed by atoms with van der Waals surface area (Å²) in [6, 6.07) is 14.9. The van der Waals surface area contributed by atoms with E-state index in [4.69, 9.17) is 23.9 Å². The number of nitrogens with zero attached hydrogens (tertiary/aromatic N) is 6. The highest BCUT2D eigenvalue weighted by Gasteiger charge is 2.18. The summed E-state index contributed by atoms with van der Waals surface area (Å²) < 4.78 is 23.5. The number of hydrogen-bond donors (Lipinski definition) is 2. The smallest absolute Gasteiger partial charge is 0.241 e. The molecule has 2 aromatic carbocycles. The predicted octanol–water partition coefficient (Wildman–Crippen LogP) is 4.00. The number of anilines is 3. The van der Waals surface area contributed by atoms with Gasteiger partial charge < -0.3 is 29.6 Å². The zero-order valence-electron chi connectivity index (χ0n) is 21.3. The SMILES string of the molecule is COc1ccc2c(c1)nc(NCc1ccccn1)n2-c1ncnc(Nc2cc(OC)c(OC)c(OC)c2)n1. The highest BCUT2D eigenvalue weighted by atomic mass is 16.5. The molecule has 12 heteroatoms. The standard InChI is InChI=1S/C26H26N8O4/c1-35-18-8-9-20-19(13-18)32-25(28-14-16-7-5-6-10-27-16)34(20)26-30-15-29-24(33-26)31-17-11-21(36-2)23(38-4)22(12-17)37-3/h5-13,15H,14H2,1-4H3,(H,28,32)(H,29,30,31,33). The number of imidazole rings is 1. The molecule has 0 saturated carbocycles. The average molecular weight is 515 g/mol. The van der Waals surface area contributed by atoms with Gasteiger partial charge in [0, 0.05) is 30.1 Å². The topological polar surface area (TPSA) is 130 Å². The second-order valence-electron chi connectivity index (χ2n) is 7.95. The van der Waals surface area contributed by atoms with Gasteiger partial charge in [-0.15, -0.1) is 0 Å². The van der Waals surface area contributed by atoms with Gasteiger partial charge >= 0.3 is 0 Å². The molecular formula is C26H26N8O4. The number of ether oxygens (including phenoxy) is 4. The van der Waals surface area contributed by atoms with Crippen LogP contribution in [0.5, 0.6) is 23.0 Å². The Morgan fingerprint density at radius 1 is 0.816 bits per heavy atom. The molecule has 12 nitrogen and oxygen atoms in total. The van der Waals surface area contributed by atoms with E-state index >= 15 is 0 Å². The van der Waals surface area contributed by atoms with E-state index < -0.39 is 0 Å². The molecule has 0 atom stereocenters. The van der Waals surface area contributed by atoms with Crippen LogP contribution in [0.25, 0.3) is 17.0 Å². The van der Waals surface area contributed by atoms with Crippen LogP contribution in [0.15, 0.2) is 61.1 Å². The van der Waals surface area contributed by atoms with Crippen LogP contribution in [0.1, 0.15) is 5.69 Å². The summed E-state index contributed by atoms with van der Waals surface area (Å²) in [6.45, 7) is 0.461. The van der Waals surface area contributed by atoms with Crippen LogP contribution in [0.2, 0.25) is 0 Å². The third-order valence-corrected chi connectivity index (χ3v) is 5.70. The van der Waals surface area contributed by atoms with Crippen LogP contribution in [0.3, 0.4) is 0 Å². The maximum absolute atomic E-state index is 5.45. The Bertz CT molecular complexity index is 1530. The Morgan fingerprint density at radius 2 is 1.63 bits per heavy atom. The van der Waals surface area contributed by atoms with E-state index in [0.29, 0.717) is 58.6 Å². The molecule has 0 bridgehead atoms. The minimum absolute atomic E-state index is 0.315. The maximum Gasteiger partial charge on any atom is 0.241 e. The first-order valence-corrected chi connectivity index (χ1v) is 11.6. The number of fused-ring (bicyclic) bond motifs is 1. The van der Waals surface area contributed by atoms with Gasteiger partial charge in [-0.05, 0) is 24.3 Å². The van der Waals surface area contributed by atoms with E-state index in [9.17, 15) is 0 Å². The Kier molecular flexibility index (Phi) is 7.02. The number of benzene rings is 2. The summed E-state index contributed by atoms with van der Waals surface area (Å²) in [5, 5.41) is 6.54. The minimum Gasteiger partial charge on any atom is -0.497 e. The fraction of sp³-hybridized carbons (Fsp3) is 0.192. The second kappa shape index (κ2) is 10.9. The molecule has 0 amide bonds. The van der Waals surface area contributed by atoms with Crippen molar-refractivity contribution in [3.8, 4) is 28.9 Å². The number of pyridine rings is 1. The van der Waals surface area contributed by atoms with Gasteiger partial charge in [-0.25, -0.2) is 19.5 Å². The third-order valence-electron chi connectivity index (χ3n) is 5.70. The van der Waals surface area contributed by atoms with Crippen molar-refractivity contribution in [2.75, 3.05) is 39.1 Å². The molecule has 3 aromatic heterocycles. The summed E-state index contributed by atoms with van der Waals surface area (Å²) >= 11 is 0. The van der Waals surface area contributed by atoms with Crippen LogP contribution < -0.4 is 29.6 Å². The third kappa shape index (κ3) is 4.91. The van der Waals surface area contributed by atoms with E-state index in [1.165, 1.54) is 6.33 Å². The number of hydrogen-bond acceptors (Lipinski definition) is 11. The van der Waals surface area contributed by atoms with Crippen LogP contribution in [0.4, 0.5) is 17.6 Å². The fourth-order valence-corrected chi connectivity index (χ4v) is 3.92. The summed E-state index contributed by atoms with van der Waals surface area (Å²) in [6.07, 6.45) is 3.18. The van der Waals surface area contributed by atoms with E-state index in [2.05, 4.69) is 30.6 Å². The van der Waals surface area contributed by atoms with Gasteiger partial charge in [-0.2, -0.15) is 4.98 Å². The van der Waals surface area contributed by atoms with Crippen molar-refractivity contribution in [2.24, 2.45) is 0 Å². The number of aromatic nitrogens is 6. The molecule has 0 saturated heterocycles. The zero-order valence-corrected chi connectivity index (χ0v) is 21.3. The van der Waals surface area contributed by atoms with E-state index in [-0.39, 0.29) is 0 Å². The number of methoxy groups -OCH3 is 4. The lowest BCUT2D eigenvalue weighted by Crippen LogP contribution is -2.11. The van der Waals surface area contributed by atoms with Crippen molar-refractivity contribution in [1.29, 1.82) is 0 Å². The first kappa shape index (κ1) is 24.6. The lowest BCUT2D eigenvalue weighted by Gasteiger charge is -2.15. The Balaban J connectivity index is 1.53. The van der Waals surface area contributed by atoms with Gasteiger partial charge in [0.2, 0.25) is 23.6 Å². The first-order valence-electron chi connectivity index (χ1n) is 11.6. The van der Waals surface area contributed by atoms with Gasteiger partial charge in [-0.1, -0.05) is 6.07 Å². The van der Waals surface area contributed by atoms with Crippen molar-refractivity contribution >= 4 is 28.6 Å². The quantitative estimate of drug-likeness (QED) is 0.280. The molecule has 0 unspecified atom stereocenters. The average Bonchev–Trinajstić information content (AvgIpc) is 3.33. The Labute approximate surface area is 218 Å². The van der Waals surface area contributed by atoms with E-state index in [0.717, 1.165) is 11.2 Å². The largest absolute Gasteiger partial charge is 0.497 e. The molecule has 3 heterocycles. The molecule has 5 aromatic rings. The monoisotopic (exact) mass is 514 g/mol. The van der Waals surface area contributed by atoms with Crippen molar-refractivity contribution in [3.05, 3.63) is 66.7 Å². The lowest BCUT2D eigenvalue weighted by atomic mass is 10.2. The molecular weight excluding hydrogens is 488 g/mol. The van der Waals surface area contributed by atoms with Gasteiger partial charge in [0.15, 0.2) is 11.5 Å². The Hall–Kier alpha value is -5.13. The molecule has 2 N–H and O–H groups in total. The molecule has 194 valence electrons. The predicted molar refractivity (Wildman–Crippen MR) is 142 cm³/mol. The molecule has 38 heavy (non-hydrogen) atoms. The van der Waals surface area contributed by atoms with Crippen LogP contribution in [-0.2, 0) is 6.54 Å². The zero-order chi connectivity index (χ0) is 26.5. The molecule has 0 aliphatic carbocycles. The van der Waals surface area contributed by atoms with E-state index in [1.54, 1.807) is 46.8 Å². The number of rotatable bonds is 10. The fourth-order valence-electron chi connectivity index (χ4n) is 3.92. The van der Waals surface area contributed by atoms with Crippen molar-refractivity contribution in [1.82, 2.24) is 29.5 Å². The maximum atomic E-state index is 5.45. The summed E-state index contributed by atoms with van der Waals surface area (Å²) in [5.41, 5.74) is 3.01. The summed E-state index contributed by atoms with van der Waals surface area (Å²) in [5.74, 6) is 3.41. The van der Waals surface area contributed by atoms with Crippen molar-refractivity contribution in [2.45, 2.75) is 6.54 Å². The van der Waals surface area contributed by atoms with Gasteiger partial charge in [0.25, 0.3) is 0 Å². The van der Waals surface area contributed by atoms with Gasteiger partial charge in [0.1, 0.15) is 12.1 Å². The lowest BCUT2D eigenvalue weighted by molar-refractivity contribution is 0.324. The first-order chi connectivity index (χ1) is 18.6. The van der Waals surface area contributed by atoms with Crippen molar-refractivity contribution in [3.63, 3.8) is 0 Å². The van der Waals surface area contributed by atoms with Crippen LogP contribution in [0, 0.1) is 0 Å². The highest BCUT2D eigenvalue weighted by molar-refractivity contribution is 5.82. The van der Waals surface area contributed by atoms with Crippen molar-refractivity contribution < 1.29 is 18.9 Å². The normalized spacial score (nSPS) is 10.7. The minimum atomic E-state index is 0.315. The van der Waals surface area contributed by atoms with Gasteiger partial charge in [0.05, 0.1) is 51.7 Å². The van der Waals surface area contributed by atoms with Crippen LogP contribution in [-0.4, -0.2) is 57.9 Å². The van der Waals surface area contributed by atoms with Gasteiger partial charge in [-0.3, -0.25) is 4.98 Å². The molecule has 0 aliphatic heterocycles. The van der Waals surface area contributed by atoms with Crippen LogP contribution >= 0.6 is 0 Å². The molecule has 0 radical (unpaired) electrons. The molecule has 0 aliphatic rings. The highest BCUT2D eigenvalue weighted by Crippen LogP contribution is 2.40. The van der Waals surface area contributed by atoms with E-state index in [1.807, 2.05) is 41.0 Å². The summed E-state index contributed by atoms with van der Waals surface area (Å²) in [4.78, 5) is 22.5. The second-order valence-corrected chi connectivity index (χ2v) is 7.95. The summed E-state index contributed by atoms with van der Waals surface area (Å²) in [7, 11) is 6.28. The molecule has 5 rings (SSSR count). The molecule has 0 fully saturated rings. The molecule has 0 spiro atoms. The number of nitrogens with one attached hydrogen (secondary N) is 2. The Morgan fingerprint density at radius 3 is 2.32 bits per heavy atom.